The average Bonchev–Trinajstić information content (AvgIpc) is 2.26. The Morgan fingerprint density at radius 3 is 2.42 bits per heavy atom. The zero-order valence-corrected chi connectivity index (χ0v) is 14.3. The third-order valence-corrected chi connectivity index (χ3v) is 6.43. The summed E-state index contributed by atoms with van der Waals surface area (Å²) < 4.78 is 27.4. The fraction of sp³-hybridized carbons (Fsp3) is 0.500. The third-order valence-electron chi connectivity index (χ3n) is 3.18. The summed E-state index contributed by atoms with van der Waals surface area (Å²) in [7, 11) is -3.62. The van der Waals surface area contributed by atoms with Crippen LogP contribution in [0.5, 0.6) is 0 Å². The molecule has 1 aromatic carbocycles. The number of sulfonamides is 1. The lowest BCUT2D eigenvalue weighted by Gasteiger charge is -2.30. The molecule has 0 bridgehead atoms. The molecule has 1 fully saturated rings. The minimum absolute atomic E-state index is 0.00753. The molecule has 0 radical (unpaired) electrons. The fourth-order valence-corrected chi connectivity index (χ4v) is 5.75. The molecule has 3 nitrogen and oxygen atoms in total. The van der Waals surface area contributed by atoms with Crippen molar-refractivity contribution < 1.29 is 8.42 Å². The molecule has 19 heavy (non-hydrogen) atoms. The molecule has 1 atom stereocenters. The Kier molecular flexibility index (Phi) is 4.83. The van der Waals surface area contributed by atoms with Crippen molar-refractivity contribution >= 4 is 49.2 Å². The maximum atomic E-state index is 12.6. The highest BCUT2D eigenvalue weighted by molar-refractivity contribution is 9.10. The second-order valence-electron chi connectivity index (χ2n) is 4.81. The van der Waals surface area contributed by atoms with Crippen LogP contribution in [0.15, 0.2) is 21.5 Å². The molecule has 0 amide bonds. The molecule has 7 heteroatoms. The molecule has 0 N–H and O–H groups in total. The van der Waals surface area contributed by atoms with Crippen molar-refractivity contribution in [1.82, 2.24) is 4.31 Å². The Bertz CT molecular complexity index is 568. The van der Waals surface area contributed by atoms with Crippen LogP contribution in [0.25, 0.3) is 0 Å². The molecule has 0 aromatic heterocycles. The van der Waals surface area contributed by atoms with E-state index in [1.54, 1.807) is 12.1 Å². The van der Waals surface area contributed by atoms with Gasteiger partial charge in [0.15, 0.2) is 0 Å². The molecule has 1 unspecified atom stereocenters. The normalized spacial score (nSPS) is 21.6. The van der Waals surface area contributed by atoms with E-state index in [4.69, 9.17) is 23.2 Å². The summed E-state index contributed by atoms with van der Waals surface area (Å²) in [4.78, 5) is 0.00753. The van der Waals surface area contributed by atoms with Gasteiger partial charge in [-0.05, 0) is 30.9 Å². The second-order valence-corrected chi connectivity index (χ2v) is 8.41. The van der Waals surface area contributed by atoms with Crippen LogP contribution < -0.4 is 0 Å². The van der Waals surface area contributed by atoms with Crippen LogP contribution >= 0.6 is 39.1 Å². The van der Waals surface area contributed by atoms with Crippen molar-refractivity contribution in [2.45, 2.75) is 24.7 Å². The number of benzene rings is 1. The zero-order chi connectivity index (χ0) is 14.2. The topological polar surface area (TPSA) is 37.4 Å². The standard InChI is InChI=1S/C12H14BrCl2NO2S/c1-8-3-2-4-16(7-8)19(17,18)12-10(14)5-9(13)6-11(12)15/h5-6,8H,2-4,7H2,1H3. The van der Waals surface area contributed by atoms with E-state index in [0.717, 1.165) is 12.8 Å². The Hall–Kier alpha value is 0.190. The molecule has 0 spiro atoms. The highest BCUT2D eigenvalue weighted by Crippen LogP contribution is 2.35. The molecule has 106 valence electrons. The van der Waals surface area contributed by atoms with Crippen LogP contribution in [-0.2, 0) is 10.0 Å². The molecular weight excluding hydrogens is 373 g/mol. The highest BCUT2D eigenvalue weighted by atomic mass is 79.9. The van der Waals surface area contributed by atoms with Crippen molar-refractivity contribution in [3.8, 4) is 0 Å². The van der Waals surface area contributed by atoms with Gasteiger partial charge < -0.3 is 0 Å². The summed E-state index contributed by atoms with van der Waals surface area (Å²) in [5.41, 5.74) is 0. The van der Waals surface area contributed by atoms with Crippen LogP contribution in [0.3, 0.4) is 0 Å². The molecule has 1 aliphatic rings. The minimum Gasteiger partial charge on any atom is -0.207 e. The Labute approximate surface area is 132 Å². The van der Waals surface area contributed by atoms with Gasteiger partial charge >= 0.3 is 0 Å². The minimum atomic E-state index is -3.62. The Balaban J connectivity index is 2.45. The monoisotopic (exact) mass is 385 g/mol. The number of rotatable bonds is 2. The molecule has 2 rings (SSSR count). The molecule has 1 heterocycles. The predicted molar refractivity (Wildman–Crippen MR) is 81.3 cm³/mol. The zero-order valence-electron chi connectivity index (χ0n) is 10.4. The lowest BCUT2D eigenvalue weighted by atomic mass is 10.0. The van der Waals surface area contributed by atoms with E-state index in [2.05, 4.69) is 15.9 Å². The first-order valence-electron chi connectivity index (χ1n) is 5.97. The first-order valence-corrected chi connectivity index (χ1v) is 8.96. The van der Waals surface area contributed by atoms with Crippen LogP contribution in [0.1, 0.15) is 19.8 Å². The van der Waals surface area contributed by atoms with Gasteiger partial charge in [0.2, 0.25) is 10.0 Å². The molecular formula is C12H14BrCl2NO2S. The van der Waals surface area contributed by atoms with Crippen molar-refractivity contribution in [1.29, 1.82) is 0 Å². The molecule has 1 aromatic rings. The molecule has 0 saturated carbocycles. The van der Waals surface area contributed by atoms with Gasteiger partial charge in [-0.2, -0.15) is 4.31 Å². The van der Waals surface area contributed by atoms with Crippen molar-refractivity contribution in [3.63, 3.8) is 0 Å². The third kappa shape index (κ3) is 3.27. The first kappa shape index (κ1) is 15.6. The summed E-state index contributed by atoms with van der Waals surface area (Å²) >= 11 is 15.4. The van der Waals surface area contributed by atoms with Crippen molar-refractivity contribution in [2.75, 3.05) is 13.1 Å². The van der Waals surface area contributed by atoms with Gasteiger partial charge in [0.25, 0.3) is 0 Å². The van der Waals surface area contributed by atoms with Gasteiger partial charge in [-0.15, -0.1) is 0 Å². The Morgan fingerprint density at radius 1 is 1.32 bits per heavy atom. The SMILES string of the molecule is CC1CCCN(S(=O)(=O)c2c(Cl)cc(Br)cc2Cl)C1. The van der Waals surface area contributed by atoms with E-state index in [1.165, 1.54) is 4.31 Å². The second kappa shape index (κ2) is 5.90. The van der Waals surface area contributed by atoms with Crippen LogP contribution in [0.2, 0.25) is 10.0 Å². The number of nitrogens with zero attached hydrogens (tertiary/aromatic N) is 1. The van der Waals surface area contributed by atoms with Crippen molar-refractivity contribution in [3.05, 3.63) is 26.7 Å². The molecule has 0 aliphatic carbocycles. The van der Waals surface area contributed by atoms with E-state index >= 15 is 0 Å². The summed E-state index contributed by atoms with van der Waals surface area (Å²) in [5, 5.41) is 0.301. The molecule has 1 saturated heterocycles. The van der Waals surface area contributed by atoms with Crippen molar-refractivity contribution in [2.24, 2.45) is 5.92 Å². The van der Waals surface area contributed by atoms with E-state index in [1.807, 2.05) is 6.92 Å². The fourth-order valence-electron chi connectivity index (χ4n) is 2.27. The summed E-state index contributed by atoms with van der Waals surface area (Å²) in [5.74, 6) is 0.358. The van der Waals surface area contributed by atoms with E-state index in [0.29, 0.717) is 23.5 Å². The lowest BCUT2D eigenvalue weighted by Crippen LogP contribution is -2.39. The first-order chi connectivity index (χ1) is 8.82. The predicted octanol–water partition coefficient (Wildman–Crippen LogP) is 4.18. The van der Waals surface area contributed by atoms with Gasteiger partial charge in [0.1, 0.15) is 4.90 Å². The highest BCUT2D eigenvalue weighted by Gasteiger charge is 2.32. The van der Waals surface area contributed by atoms with E-state index < -0.39 is 10.0 Å². The summed E-state index contributed by atoms with van der Waals surface area (Å²) in [6.07, 6.45) is 1.92. The largest absolute Gasteiger partial charge is 0.246 e. The number of piperidine rings is 1. The van der Waals surface area contributed by atoms with Gasteiger partial charge in [-0.3, -0.25) is 0 Å². The van der Waals surface area contributed by atoms with E-state index in [9.17, 15) is 8.42 Å². The van der Waals surface area contributed by atoms with Gasteiger partial charge in [-0.25, -0.2) is 8.42 Å². The quantitative estimate of drug-likeness (QED) is 0.764. The number of hydrogen-bond donors (Lipinski definition) is 0. The van der Waals surface area contributed by atoms with Gasteiger partial charge in [0, 0.05) is 17.6 Å². The van der Waals surface area contributed by atoms with Gasteiger partial charge in [0.05, 0.1) is 10.0 Å². The molecule has 1 aliphatic heterocycles. The van der Waals surface area contributed by atoms with E-state index in [-0.39, 0.29) is 14.9 Å². The summed E-state index contributed by atoms with van der Waals surface area (Å²) in [6.45, 7) is 3.09. The average molecular weight is 387 g/mol. The Morgan fingerprint density at radius 2 is 1.89 bits per heavy atom. The van der Waals surface area contributed by atoms with Crippen LogP contribution in [-0.4, -0.2) is 25.8 Å². The van der Waals surface area contributed by atoms with Gasteiger partial charge in [-0.1, -0.05) is 46.1 Å². The summed E-state index contributed by atoms with van der Waals surface area (Å²) in [6, 6.07) is 3.10. The maximum absolute atomic E-state index is 12.6. The maximum Gasteiger partial charge on any atom is 0.246 e. The van der Waals surface area contributed by atoms with Crippen LogP contribution in [0, 0.1) is 5.92 Å². The van der Waals surface area contributed by atoms with Crippen LogP contribution in [0.4, 0.5) is 0 Å². The number of hydrogen-bond acceptors (Lipinski definition) is 2. The smallest absolute Gasteiger partial charge is 0.207 e. The number of halogens is 3. The lowest BCUT2D eigenvalue weighted by molar-refractivity contribution is 0.281.